The molecule has 1 unspecified atom stereocenters. The van der Waals surface area contributed by atoms with Crippen molar-refractivity contribution in [3.63, 3.8) is 0 Å². The zero-order valence-electron chi connectivity index (χ0n) is 16.5. The molecule has 7 nitrogen and oxygen atoms in total. The zero-order chi connectivity index (χ0) is 19.8. The first-order chi connectivity index (χ1) is 13.6. The van der Waals surface area contributed by atoms with Gasteiger partial charge in [-0.05, 0) is 49.2 Å². The lowest BCUT2D eigenvalue weighted by Gasteiger charge is -2.18. The van der Waals surface area contributed by atoms with Crippen molar-refractivity contribution >= 4 is 5.96 Å². The Kier molecular flexibility index (Phi) is 6.62. The van der Waals surface area contributed by atoms with E-state index < -0.39 is 0 Å². The van der Waals surface area contributed by atoms with E-state index >= 15 is 0 Å². The Morgan fingerprint density at radius 1 is 1.18 bits per heavy atom. The lowest BCUT2D eigenvalue weighted by atomic mass is 10.2. The molecule has 0 aliphatic carbocycles. The highest BCUT2D eigenvalue weighted by atomic mass is 16.5. The number of guanidine groups is 1. The first-order valence-electron chi connectivity index (χ1n) is 9.26. The van der Waals surface area contributed by atoms with Crippen molar-refractivity contribution in [3.05, 3.63) is 72.3 Å². The number of nitrogens with one attached hydrogen (secondary N) is 2. The van der Waals surface area contributed by atoms with Gasteiger partial charge in [0.2, 0.25) is 0 Å². The molecule has 1 heterocycles. The van der Waals surface area contributed by atoms with Gasteiger partial charge in [0.25, 0.3) is 0 Å². The van der Waals surface area contributed by atoms with Crippen LogP contribution in [0.2, 0.25) is 0 Å². The summed E-state index contributed by atoms with van der Waals surface area (Å²) in [6.45, 7) is 5.41. The number of benzene rings is 2. The summed E-state index contributed by atoms with van der Waals surface area (Å²) >= 11 is 0. The Morgan fingerprint density at radius 2 is 2.00 bits per heavy atom. The lowest BCUT2D eigenvalue weighted by molar-refractivity contribution is 0.223. The topological polar surface area (TPSA) is 76.4 Å². The first-order valence-corrected chi connectivity index (χ1v) is 9.26. The second-order valence-corrected chi connectivity index (χ2v) is 6.56. The predicted octanol–water partition coefficient (Wildman–Crippen LogP) is 2.71. The number of ether oxygens (including phenoxy) is 1. The van der Waals surface area contributed by atoms with Crippen LogP contribution in [0.1, 0.15) is 18.1 Å². The SMILES string of the molecule is CN=C(NCc1ccc(-n2cncn2)cc1)NCC(C)Oc1cccc(C)c1. The Bertz CT molecular complexity index is 890. The smallest absolute Gasteiger partial charge is 0.191 e. The van der Waals surface area contributed by atoms with Crippen molar-refractivity contribution in [2.45, 2.75) is 26.5 Å². The third kappa shape index (κ3) is 5.57. The van der Waals surface area contributed by atoms with Gasteiger partial charge in [0.15, 0.2) is 5.96 Å². The molecule has 0 saturated heterocycles. The van der Waals surface area contributed by atoms with Gasteiger partial charge in [0.1, 0.15) is 24.5 Å². The van der Waals surface area contributed by atoms with Crippen molar-refractivity contribution in [3.8, 4) is 11.4 Å². The van der Waals surface area contributed by atoms with E-state index in [9.17, 15) is 0 Å². The minimum Gasteiger partial charge on any atom is -0.489 e. The average molecular weight is 378 g/mol. The second kappa shape index (κ2) is 9.55. The van der Waals surface area contributed by atoms with Crippen LogP contribution in [-0.2, 0) is 6.54 Å². The third-order valence-electron chi connectivity index (χ3n) is 4.19. The lowest BCUT2D eigenvalue weighted by Crippen LogP contribution is -2.41. The van der Waals surface area contributed by atoms with E-state index in [0.29, 0.717) is 13.1 Å². The van der Waals surface area contributed by atoms with Crippen molar-refractivity contribution in [2.75, 3.05) is 13.6 Å². The monoisotopic (exact) mass is 378 g/mol. The number of rotatable bonds is 7. The highest BCUT2D eigenvalue weighted by Gasteiger charge is 2.06. The van der Waals surface area contributed by atoms with Crippen LogP contribution in [0.25, 0.3) is 5.69 Å². The van der Waals surface area contributed by atoms with Crippen LogP contribution in [0.4, 0.5) is 0 Å². The number of aryl methyl sites for hydroxylation is 1. The first kappa shape index (κ1) is 19.4. The molecule has 0 radical (unpaired) electrons. The van der Waals surface area contributed by atoms with Crippen LogP contribution in [-0.4, -0.2) is 40.4 Å². The van der Waals surface area contributed by atoms with Gasteiger partial charge >= 0.3 is 0 Å². The summed E-state index contributed by atoms with van der Waals surface area (Å²) in [5, 5.41) is 10.7. The number of nitrogens with zero attached hydrogens (tertiary/aromatic N) is 4. The molecule has 1 atom stereocenters. The molecule has 146 valence electrons. The van der Waals surface area contributed by atoms with E-state index in [1.807, 2.05) is 37.3 Å². The van der Waals surface area contributed by atoms with E-state index in [-0.39, 0.29) is 6.10 Å². The number of aromatic nitrogens is 3. The molecule has 0 bridgehead atoms. The second-order valence-electron chi connectivity index (χ2n) is 6.56. The fraction of sp³-hybridized carbons (Fsp3) is 0.286. The molecule has 0 aliphatic rings. The van der Waals surface area contributed by atoms with Gasteiger partial charge in [-0.25, -0.2) is 9.67 Å². The summed E-state index contributed by atoms with van der Waals surface area (Å²) in [4.78, 5) is 8.23. The molecule has 0 spiro atoms. The number of aliphatic imine (C=N–C) groups is 1. The van der Waals surface area contributed by atoms with Crippen molar-refractivity contribution in [1.29, 1.82) is 0 Å². The van der Waals surface area contributed by atoms with Crippen LogP contribution in [0.3, 0.4) is 0 Å². The third-order valence-corrected chi connectivity index (χ3v) is 4.19. The molecule has 3 rings (SSSR count). The molecule has 0 fully saturated rings. The average Bonchev–Trinajstić information content (AvgIpc) is 3.23. The van der Waals surface area contributed by atoms with E-state index in [0.717, 1.165) is 23.0 Å². The molecular formula is C21H26N6O. The summed E-state index contributed by atoms with van der Waals surface area (Å²) in [6.07, 6.45) is 3.22. The summed E-state index contributed by atoms with van der Waals surface area (Å²) in [5.41, 5.74) is 3.31. The summed E-state index contributed by atoms with van der Waals surface area (Å²) in [7, 11) is 1.76. The van der Waals surface area contributed by atoms with E-state index in [1.54, 1.807) is 18.1 Å². The van der Waals surface area contributed by atoms with Gasteiger partial charge in [-0.15, -0.1) is 0 Å². The number of hydrogen-bond acceptors (Lipinski definition) is 4. The minimum absolute atomic E-state index is 0.0160. The van der Waals surface area contributed by atoms with Gasteiger partial charge in [0.05, 0.1) is 12.2 Å². The van der Waals surface area contributed by atoms with Crippen molar-refractivity contribution < 1.29 is 4.74 Å². The standard InChI is InChI=1S/C21H26N6O/c1-16-5-4-6-20(11-16)28-17(2)12-24-21(22-3)25-13-18-7-9-19(10-8-18)27-15-23-14-26-27/h4-11,14-15,17H,12-13H2,1-3H3,(H2,22,24,25). The molecule has 0 aliphatic heterocycles. The molecule has 7 heteroatoms. The van der Waals surface area contributed by atoms with Crippen LogP contribution in [0.15, 0.2) is 66.2 Å². The molecule has 28 heavy (non-hydrogen) atoms. The minimum atomic E-state index is 0.0160. The Labute approximate surface area is 165 Å². The molecular weight excluding hydrogens is 352 g/mol. The quantitative estimate of drug-likeness (QED) is 0.488. The van der Waals surface area contributed by atoms with Crippen LogP contribution in [0, 0.1) is 6.92 Å². The Hall–Kier alpha value is -3.35. The zero-order valence-corrected chi connectivity index (χ0v) is 16.5. The highest BCUT2D eigenvalue weighted by Crippen LogP contribution is 2.13. The van der Waals surface area contributed by atoms with E-state index in [2.05, 4.69) is 50.8 Å². The Balaban J connectivity index is 1.45. The Morgan fingerprint density at radius 3 is 2.68 bits per heavy atom. The summed E-state index contributed by atoms with van der Waals surface area (Å²) < 4.78 is 7.67. The molecule has 3 aromatic rings. The fourth-order valence-electron chi connectivity index (χ4n) is 2.72. The normalized spacial score (nSPS) is 12.5. The maximum Gasteiger partial charge on any atom is 0.191 e. The van der Waals surface area contributed by atoms with Gasteiger partial charge in [-0.1, -0.05) is 24.3 Å². The summed E-state index contributed by atoms with van der Waals surface area (Å²) in [6, 6.07) is 16.2. The van der Waals surface area contributed by atoms with E-state index in [1.165, 1.54) is 11.9 Å². The largest absolute Gasteiger partial charge is 0.489 e. The predicted molar refractivity (Wildman–Crippen MR) is 111 cm³/mol. The highest BCUT2D eigenvalue weighted by molar-refractivity contribution is 5.79. The van der Waals surface area contributed by atoms with Gasteiger partial charge < -0.3 is 15.4 Å². The van der Waals surface area contributed by atoms with Gasteiger partial charge in [0, 0.05) is 13.6 Å². The van der Waals surface area contributed by atoms with Crippen molar-refractivity contribution in [2.24, 2.45) is 4.99 Å². The fourth-order valence-corrected chi connectivity index (χ4v) is 2.72. The molecule has 0 saturated carbocycles. The molecule has 2 N–H and O–H groups in total. The maximum absolute atomic E-state index is 5.94. The molecule has 2 aromatic carbocycles. The van der Waals surface area contributed by atoms with Crippen molar-refractivity contribution in [1.82, 2.24) is 25.4 Å². The van der Waals surface area contributed by atoms with Crippen LogP contribution >= 0.6 is 0 Å². The van der Waals surface area contributed by atoms with Crippen LogP contribution in [0.5, 0.6) is 5.75 Å². The maximum atomic E-state index is 5.94. The summed E-state index contributed by atoms with van der Waals surface area (Å²) in [5.74, 6) is 1.62. The number of hydrogen-bond donors (Lipinski definition) is 2. The van der Waals surface area contributed by atoms with Gasteiger partial charge in [-0.2, -0.15) is 5.10 Å². The van der Waals surface area contributed by atoms with Crippen LogP contribution < -0.4 is 15.4 Å². The van der Waals surface area contributed by atoms with Gasteiger partial charge in [-0.3, -0.25) is 4.99 Å². The van der Waals surface area contributed by atoms with E-state index in [4.69, 9.17) is 4.74 Å². The molecule has 0 amide bonds. The molecule has 1 aromatic heterocycles.